The third-order valence-electron chi connectivity index (χ3n) is 5.13. The summed E-state index contributed by atoms with van der Waals surface area (Å²) in [6.45, 7) is 4.59. The predicted molar refractivity (Wildman–Crippen MR) is 88.7 cm³/mol. The number of halogens is 1. The van der Waals surface area contributed by atoms with Gasteiger partial charge in [0, 0.05) is 23.1 Å². The summed E-state index contributed by atoms with van der Waals surface area (Å²) in [7, 11) is 0. The quantitative estimate of drug-likeness (QED) is 0.646. The van der Waals surface area contributed by atoms with Crippen molar-refractivity contribution >= 4 is 17.8 Å². The molecule has 2 bridgehead atoms. The Kier molecular flexibility index (Phi) is 2.93. The van der Waals surface area contributed by atoms with Crippen molar-refractivity contribution in [2.45, 2.75) is 31.7 Å². The van der Waals surface area contributed by atoms with Gasteiger partial charge in [-0.1, -0.05) is 48.9 Å². The van der Waals surface area contributed by atoms with Crippen LogP contribution in [0.2, 0.25) is 5.02 Å². The third-order valence-corrected chi connectivity index (χ3v) is 5.37. The van der Waals surface area contributed by atoms with E-state index in [1.165, 1.54) is 22.3 Å². The van der Waals surface area contributed by atoms with Gasteiger partial charge in [-0.15, -0.1) is 0 Å². The number of hydrogen-bond acceptors (Lipinski definition) is 1. The van der Waals surface area contributed by atoms with E-state index in [9.17, 15) is 0 Å². The van der Waals surface area contributed by atoms with E-state index >= 15 is 0 Å². The van der Waals surface area contributed by atoms with Crippen LogP contribution in [0.15, 0.2) is 47.5 Å². The molecule has 2 aromatic rings. The lowest BCUT2D eigenvalue weighted by Gasteiger charge is -2.28. The van der Waals surface area contributed by atoms with Crippen LogP contribution >= 0.6 is 11.6 Å². The molecule has 0 saturated heterocycles. The molecule has 4 atom stereocenters. The number of hydrogen-bond donors (Lipinski definition) is 0. The van der Waals surface area contributed by atoms with Gasteiger partial charge in [-0.25, -0.2) is 0 Å². The van der Waals surface area contributed by atoms with Crippen molar-refractivity contribution in [3.05, 3.63) is 69.7 Å². The molecule has 1 nitrogen and oxygen atoms in total. The second-order valence-corrected chi connectivity index (χ2v) is 6.72. The van der Waals surface area contributed by atoms with Gasteiger partial charge in [0.25, 0.3) is 0 Å². The number of aliphatic imine (C=N–C) groups is 1. The van der Waals surface area contributed by atoms with Crippen molar-refractivity contribution in [3.63, 3.8) is 0 Å². The van der Waals surface area contributed by atoms with Gasteiger partial charge in [0.15, 0.2) is 0 Å². The summed E-state index contributed by atoms with van der Waals surface area (Å²) in [5.41, 5.74) is 5.45. The van der Waals surface area contributed by atoms with E-state index in [4.69, 9.17) is 16.6 Å². The molecule has 1 aliphatic heterocycles. The van der Waals surface area contributed by atoms with Gasteiger partial charge < -0.3 is 0 Å². The summed E-state index contributed by atoms with van der Waals surface area (Å²) < 4.78 is 0. The molecular formula is C19H18ClN. The molecule has 2 aromatic carbocycles. The molecule has 0 radical (unpaired) electrons. The molecule has 0 spiro atoms. The molecule has 0 aromatic heterocycles. The van der Waals surface area contributed by atoms with Crippen LogP contribution in [0.3, 0.4) is 0 Å². The number of rotatable bonds is 0. The molecule has 106 valence electrons. The zero-order chi connectivity index (χ0) is 14.6. The molecule has 2 heteroatoms. The van der Waals surface area contributed by atoms with Crippen LogP contribution in [0.1, 0.15) is 47.9 Å². The largest absolute Gasteiger partial charge is 0.289 e. The molecule has 0 saturated carbocycles. The lowest BCUT2D eigenvalue weighted by Crippen LogP contribution is -2.21. The van der Waals surface area contributed by atoms with Gasteiger partial charge in [0.05, 0.1) is 6.04 Å². The van der Waals surface area contributed by atoms with Crippen LogP contribution in [0.4, 0.5) is 0 Å². The molecule has 4 unspecified atom stereocenters. The summed E-state index contributed by atoms with van der Waals surface area (Å²) in [5, 5.41) is 0.809. The molecule has 1 aliphatic carbocycles. The van der Waals surface area contributed by atoms with Gasteiger partial charge in [0.2, 0.25) is 0 Å². The van der Waals surface area contributed by atoms with E-state index in [1.807, 2.05) is 12.3 Å². The van der Waals surface area contributed by atoms with Crippen LogP contribution in [0.5, 0.6) is 0 Å². The van der Waals surface area contributed by atoms with Gasteiger partial charge in [-0.2, -0.15) is 0 Å². The highest BCUT2D eigenvalue weighted by atomic mass is 35.5. The van der Waals surface area contributed by atoms with Crippen molar-refractivity contribution in [3.8, 4) is 0 Å². The summed E-state index contributed by atoms with van der Waals surface area (Å²) in [5.74, 6) is 1.47. The number of nitrogens with zero attached hydrogens (tertiary/aromatic N) is 1. The second-order valence-electron chi connectivity index (χ2n) is 6.28. The van der Waals surface area contributed by atoms with E-state index < -0.39 is 0 Å². The highest BCUT2D eigenvalue weighted by molar-refractivity contribution is 6.30. The topological polar surface area (TPSA) is 12.4 Å². The van der Waals surface area contributed by atoms with Crippen molar-refractivity contribution in [2.24, 2.45) is 10.9 Å². The van der Waals surface area contributed by atoms with Crippen molar-refractivity contribution < 1.29 is 0 Å². The van der Waals surface area contributed by atoms with Crippen LogP contribution in [0, 0.1) is 5.92 Å². The molecule has 2 aliphatic rings. The first-order valence-electron chi connectivity index (χ1n) is 7.58. The molecule has 0 fully saturated rings. The summed E-state index contributed by atoms with van der Waals surface area (Å²) in [6.07, 6.45) is 2.04. The zero-order valence-electron chi connectivity index (χ0n) is 12.3. The summed E-state index contributed by atoms with van der Waals surface area (Å²) >= 11 is 6.27. The fraction of sp³-hybridized carbons (Fsp3) is 0.316. The van der Waals surface area contributed by atoms with Crippen LogP contribution in [0.25, 0.3) is 0 Å². The monoisotopic (exact) mass is 295 g/mol. The highest BCUT2D eigenvalue weighted by Crippen LogP contribution is 2.52. The first-order chi connectivity index (χ1) is 10.2. The Labute approximate surface area is 130 Å². The maximum absolute atomic E-state index is 6.27. The standard InChI is InChI=1S/C19H18ClN/c1-11-18-12(2)21-10-13-7-8-14(20)9-17(13)19(11)16-6-4-3-5-15(16)18/h3-12,18-19H,1-2H3/b21-10-. The highest BCUT2D eigenvalue weighted by Gasteiger charge is 2.42. The Morgan fingerprint density at radius 1 is 0.952 bits per heavy atom. The van der Waals surface area contributed by atoms with E-state index in [0.717, 1.165) is 5.02 Å². The second kappa shape index (κ2) is 4.71. The number of fused-ring (bicyclic) bond motifs is 7. The first-order valence-corrected chi connectivity index (χ1v) is 7.96. The fourth-order valence-electron chi connectivity index (χ4n) is 4.24. The SMILES string of the molecule is CC1/N=C\c2ccc(Cl)cc2C2c3ccccc3C1C2C. The Hall–Kier alpha value is -1.60. The average Bonchev–Trinajstić information content (AvgIpc) is 2.78. The fourth-order valence-corrected chi connectivity index (χ4v) is 4.43. The smallest absolute Gasteiger partial charge is 0.0543 e. The minimum atomic E-state index is 0.315. The average molecular weight is 296 g/mol. The molecule has 0 N–H and O–H groups in total. The minimum absolute atomic E-state index is 0.315. The van der Waals surface area contributed by atoms with E-state index in [0.29, 0.717) is 23.8 Å². The maximum Gasteiger partial charge on any atom is 0.0543 e. The third kappa shape index (κ3) is 1.87. The van der Waals surface area contributed by atoms with Crippen molar-refractivity contribution in [2.75, 3.05) is 0 Å². The molecule has 0 amide bonds. The van der Waals surface area contributed by atoms with Gasteiger partial charge in [-0.3, -0.25) is 4.99 Å². The Morgan fingerprint density at radius 2 is 1.71 bits per heavy atom. The van der Waals surface area contributed by atoms with Gasteiger partial charge in [-0.05, 0) is 47.2 Å². The Morgan fingerprint density at radius 3 is 2.52 bits per heavy atom. The molecular weight excluding hydrogens is 278 g/mol. The van der Waals surface area contributed by atoms with Crippen LogP contribution in [-0.4, -0.2) is 12.3 Å². The Bertz CT molecular complexity index is 734. The molecule has 1 heterocycles. The summed E-state index contributed by atoms with van der Waals surface area (Å²) in [6, 6.07) is 15.3. The van der Waals surface area contributed by atoms with Crippen LogP contribution < -0.4 is 0 Å². The van der Waals surface area contributed by atoms with E-state index in [-0.39, 0.29) is 0 Å². The summed E-state index contributed by atoms with van der Waals surface area (Å²) in [4.78, 5) is 4.81. The lowest BCUT2D eigenvalue weighted by molar-refractivity contribution is 0.409. The maximum atomic E-state index is 6.27. The van der Waals surface area contributed by atoms with Gasteiger partial charge >= 0.3 is 0 Å². The van der Waals surface area contributed by atoms with Crippen molar-refractivity contribution in [1.82, 2.24) is 0 Å². The zero-order valence-corrected chi connectivity index (χ0v) is 13.0. The van der Waals surface area contributed by atoms with Gasteiger partial charge in [0.1, 0.15) is 0 Å². The minimum Gasteiger partial charge on any atom is -0.289 e. The predicted octanol–water partition coefficient (Wildman–Crippen LogP) is 5.03. The van der Waals surface area contributed by atoms with E-state index in [2.05, 4.69) is 50.2 Å². The number of benzene rings is 2. The molecule has 21 heavy (non-hydrogen) atoms. The molecule has 4 rings (SSSR count). The normalized spacial score (nSPS) is 31.0. The van der Waals surface area contributed by atoms with E-state index in [1.54, 1.807) is 0 Å². The van der Waals surface area contributed by atoms with Crippen LogP contribution in [-0.2, 0) is 0 Å². The first kappa shape index (κ1) is 13.1. The van der Waals surface area contributed by atoms with Crippen molar-refractivity contribution in [1.29, 1.82) is 0 Å². The lowest BCUT2D eigenvalue weighted by atomic mass is 9.79. The Balaban J connectivity index is 2.03.